The topological polar surface area (TPSA) is 89.8 Å². The molecule has 0 saturated heterocycles. The maximum Gasteiger partial charge on any atom is 0.309 e. The Balaban J connectivity index is 1.97. The minimum Gasteiger partial charge on any atom is -0.464 e. The van der Waals surface area contributed by atoms with E-state index in [0.29, 0.717) is 6.54 Å². The molecule has 0 saturated carbocycles. The first-order chi connectivity index (χ1) is 14.3. The molecule has 30 heavy (non-hydrogen) atoms. The van der Waals surface area contributed by atoms with Gasteiger partial charge in [0.15, 0.2) is 5.78 Å². The van der Waals surface area contributed by atoms with Gasteiger partial charge in [0.05, 0.1) is 17.9 Å². The Morgan fingerprint density at radius 2 is 2.00 bits per heavy atom. The molecule has 0 unspecified atom stereocenters. The van der Waals surface area contributed by atoms with E-state index in [0.717, 1.165) is 23.4 Å². The SMILES string of the molecule is [CH2][CH]C(=O)OCCN1/C(=C\C=C2\C=C([N+](=O)[O-])C=CC2=O)C(C)(C)c2ccccc21. The highest BCUT2D eigenvalue weighted by molar-refractivity contribution is 6.07. The van der Waals surface area contributed by atoms with Crippen LogP contribution in [-0.4, -0.2) is 29.8 Å². The molecule has 7 heteroatoms. The van der Waals surface area contributed by atoms with Crippen LogP contribution in [0.25, 0.3) is 0 Å². The van der Waals surface area contributed by atoms with Gasteiger partial charge in [-0.05, 0) is 36.8 Å². The van der Waals surface area contributed by atoms with E-state index in [2.05, 4.69) is 20.8 Å². The highest BCUT2D eigenvalue weighted by atomic mass is 16.6. The molecular weight excluding hydrogens is 384 g/mol. The van der Waals surface area contributed by atoms with Crippen LogP contribution < -0.4 is 4.90 Å². The summed E-state index contributed by atoms with van der Waals surface area (Å²) in [5.74, 6) is -0.788. The molecule has 0 amide bonds. The molecule has 1 aliphatic heterocycles. The van der Waals surface area contributed by atoms with Crippen molar-refractivity contribution in [2.24, 2.45) is 0 Å². The van der Waals surface area contributed by atoms with Gasteiger partial charge in [0.25, 0.3) is 5.70 Å². The summed E-state index contributed by atoms with van der Waals surface area (Å²) in [6.07, 6.45) is 8.18. The number of ether oxygens (including phenoxy) is 1. The maximum absolute atomic E-state index is 12.2. The number of anilines is 1. The third-order valence-electron chi connectivity index (χ3n) is 5.15. The summed E-state index contributed by atoms with van der Waals surface area (Å²) in [7, 11) is 0. The van der Waals surface area contributed by atoms with Crippen molar-refractivity contribution in [2.75, 3.05) is 18.1 Å². The number of nitro groups is 1. The van der Waals surface area contributed by atoms with Crippen LogP contribution in [0.4, 0.5) is 5.69 Å². The van der Waals surface area contributed by atoms with Gasteiger partial charge in [-0.25, -0.2) is 0 Å². The number of allylic oxidation sites excluding steroid dienone is 7. The summed E-state index contributed by atoms with van der Waals surface area (Å²) in [5.41, 5.74) is 2.70. The number of rotatable bonds is 6. The van der Waals surface area contributed by atoms with E-state index in [1.54, 1.807) is 12.2 Å². The first-order valence-corrected chi connectivity index (χ1v) is 9.43. The molecule has 0 spiro atoms. The van der Waals surface area contributed by atoms with Gasteiger partial charge in [-0.2, -0.15) is 0 Å². The summed E-state index contributed by atoms with van der Waals surface area (Å²) >= 11 is 0. The van der Waals surface area contributed by atoms with Crippen molar-refractivity contribution in [3.8, 4) is 0 Å². The Kier molecular flexibility index (Phi) is 6.01. The number of ketones is 1. The lowest BCUT2D eigenvalue weighted by Crippen LogP contribution is -2.29. The van der Waals surface area contributed by atoms with Gasteiger partial charge in [0.1, 0.15) is 6.61 Å². The molecule has 0 atom stereocenters. The van der Waals surface area contributed by atoms with E-state index < -0.39 is 10.9 Å². The Labute approximate surface area is 175 Å². The van der Waals surface area contributed by atoms with Crippen molar-refractivity contribution in [2.45, 2.75) is 19.3 Å². The third kappa shape index (κ3) is 4.10. The fourth-order valence-electron chi connectivity index (χ4n) is 3.63. The van der Waals surface area contributed by atoms with Crippen LogP contribution in [0.3, 0.4) is 0 Å². The average molecular weight is 406 g/mol. The van der Waals surface area contributed by atoms with Crippen molar-refractivity contribution in [1.82, 2.24) is 0 Å². The molecule has 0 bridgehead atoms. The number of carbonyl (C=O) groups excluding carboxylic acids is 2. The second-order valence-corrected chi connectivity index (χ2v) is 7.36. The van der Waals surface area contributed by atoms with Crippen LogP contribution in [0.2, 0.25) is 0 Å². The molecule has 2 radical (unpaired) electrons. The van der Waals surface area contributed by atoms with Crippen LogP contribution in [0.1, 0.15) is 19.4 Å². The molecule has 154 valence electrons. The number of nitrogens with zero attached hydrogens (tertiary/aromatic N) is 2. The minimum absolute atomic E-state index is 0.138. The number of hydrogen-bond donors (Lipinski definition) is 0. The summed E-state index contributed by atoms with van der Waals surface area (Å²) in [6.45, 7) is 8.10. The van der Waals surface area contributed by atoms with Gasteiger partial charge in [-0.1, -0.05) is 32.0 Å². The monoisotopic (exact) mass is 406 g/mol. The van der Waals surface area contributed by atoms with Crippen LogP contribution in [-0.2, 0) is 19.7 Å². The molecule has 3 rings (SSSR count). The number of fused-ring (bicyclic) bond motifs is 1. The van der Waals surface area contributed by atoms with E-state index >= 15 is 0 Å². The molecule has 7 nitrogen and oxygen atoms in total. The lowest BCUT2D eigenvalue weighted by molar-refractivity contribution is -0.419. The van der Waals surface area contributed by atoms with Crippen LogP contribution in [0, 0.1) is 23.5 Å². The Morgan fingerprint density at radius 1 is 1.27 bits per heavy atom. The Hall–Kier alpha value is -3.48. The molecule has 0 aromatic heterocycles. The van der Waals surface area contributed by atoms with Gasteiger partial charge < -0.3 is 9.64 Å². The highest BCUT2D eigenvalue weighted by Crippen LogP contribution is 2.47. The van der Waals surface area contributed by atoms with E-state index in [9.17, 15) is 19.7 Å². The quantitative estimate of drug-likeness (QED) is 0.311. The van der Waals surface area contributed by atoms with Gasteiger partial charge in [0.2, 0.25) is 0 Å². The standard InChI is InChI=1S/C23H22N2O5/c1-4-22(27)30-14-13-24-19-8-6-5-7-18(19)23(2,3)21(24)12-9-16-15-17(25(28)29)10-11-20(16)26/h4-12,15H,1,13-14H2,2-3H3/b16-9-,21-12-. The summed E-state index contributed by atoms with van der Waals surface area (Å²) in [6, 6.07) is 7.91. The van der Waals surface area contributed by atoms with Crippen LogP contribution in [0.5, 0.6) is 0 Å². The van der Waals surface area contributed by atoms with Crippen LogP contribution >= 0.6 is 0 Å². The molecule has 2 aliphatic rings. The first kappa shape index (κ1) is 21.2. The second kappa shape index (κ2) is 8.49. The molecule has 1 aliphatic carbocycles. The average Bonchev–Trinajstić information content (AvgIpc) is 2.94. The highest BCUT2D eigenvalue weighted by Gasteiger charge is 2.39. The molecule has 0 fully saturated rings. The largest absolute Gasteiger partial charge is 0.464 e. The zero-order valence-electron chi connectivity index (χ0n) is 16.8. The van der Waals surface area contributed by atoms with E-state index in [1.807, 2.05) is 29.2 Å². The number of esters is 1. The molecule has 1 aromatic carbocycles. The van der Waals surface area contributed by atoms with E-state index in [1.165, 1.54) is 18.2 Å². The fourth-order valence-corrected chi connectivity index (χ4v) is 3.63. The normalized spacial score (nSPS) is 19.8. The predicted molar refractivity (Wildman–Crippen MR) is 113 cm³/mol. The van der Waals surface area contributed by atoms with Crippen molar-refractivity contribution in [1.29, 1.82) is 0 Å². The lowest BCUT2D eigenvalue weighted by Gasteiger charge is -2.27. The van der Waals surface area contributed by atoms with Crippen molar-refractivity contribution in [3.05, 3.63) is 101 Å². The summed E-state index contributed by atoms with van der Waals surface area (Å²) in [5, 5.41) is 11.0. The number of hydrogen-bond acceptors (Lipinski definition) is 6. The van der Waals surface area contributed by atoms with Gasteiger partial charge in [-0.15, -0.1) is 0 Å². The van der Waals surface area contributed by atoms with E-state index in [4.69, 9.17) is 4.74 Å². The smallest absolute Gasteiger partial charge is 0.309 e. The number of benzene rings is 1. The summed E-state index contributed by atoms with van der Waals surface area (Å²) < 4.78 is 5.15. The minimum atomic E-state index is -0.528. The van der Waals surface area contributed by atoms with Crippen molar-refractivity contribution >= 4 is 17.4 Å². The van der Waals surface area contributed by atoms with Gasteiger partial charge in [0, 0.05) is 34.5 Å². The van der Waals surface area contributed by atoms with Gasteiger partial charge in [-0.3, -0.25) is 19.7 Å². The maximum atomic E-state index is 12.2. The predicted octanol–water partition coefficient (Wildman–Crippen LogP) is 3.48. The zero-order valence-corrected chi connectivity index (χ0v) is 16.8. The first-order valence-electron chi connectivity index (χ1n) is 9.43. The van der Waals surface area contributed by atoms with Crippen molar-refractivity contribution in [3.63, 3.8) is 0 Å². The number of para-hydroxylation sites is 1. The lowest BCUT2D eigenvalue weighted by atomic mass is 9.83. The van der Waals surface area contributed by atoms with Gasteiger partial charge >= 0.3 is 5.97 Å². The molecule has 1 aromatic rings. The Bertz CT molecular complexity index is 1010. The third-order valence-corrected chi connectivity index (χ3v) is 5.15. The fraction of sp³-hybridized carbons (Fsp3) is 0.217. The number of carbonyl (C=O) groups is 2. The Morgan fingerprint density at radius 3 is 2.70 bits per heavy atom. The molecule has 1 heterocycles. The van der Waals surface area contributed by atoms with Crippen molar-refractivity contribution < 1.29 is 19.2 Å². The zero-order chi connectivity index (χ0) is 21.9. The molecule has 0 N–H and O–H groups in total. The van der Waals surface area contributed by atoms with Crippen LogP contribution in [0.15, 0.2) is 71.6 Å². The molecular formula is C23H22N2O5. The summed E-state index contributed by atoms with van der Waals surface area (Å²) in [4.78, 5) is 36.1. The van der Waals surface area contributed by atoms with E-state index in [-0.39, 0.29) is 29.1 Å². The second-order valence-electron chi connectivity index (χ2n) is 7.36.